The Kier molecular flexibility index (Phi) is 7.21. The van der Waals surface area contributed by atoms with E-state index in [-0.39, 0.29) is 51.1 Å². The fourth-order valence-electron chi connectivity index (χ4n) is 8.13. The number of amides is 2. The summed E-state index contributed by atoms with van der Waals surface area (Å²) in [6.07, 6.45) is -1.38. The third-order valence-electron chi connectivity index (χ3n) is 10.2. The highest BCUT2D eigenvalue weighted by Crippen LogP contribution is 2.46. The Hall–Kier alpha value is -5.15. The van der Waals surface area contributed by atoms with E-state index in [1.165, 1.54) is 0 Å². The largest absolute Gasteiger partial charge is 0.480 e. The highest BCUT2D eigenvalue weighted by Gasteiger charge is 2.54. The van der Waals surface area contributed by atoms with Crippen molar-refractivity contribution >= 4 is 18.2 Å². The third-order valence-corrected chi connectivity index (χ3v) is 10.2. The fraction of sp³-hybridized carbons (Fsp3) is 0.289. The van der Waals surface area contributed by atoms with E-state index in [0.717, 1.165) is 44.5 Å². The lowest BCUT2D eigenvalue weighted by Crippen LogP contribution is -2.70. The molecule has 2 atom stereocenters. The maximum Gasteiger partial charge on any atom is 0.410 e. The zero-order valence-corrected chi connectivity index (χ0v) is 25.6. The van der Waals surface area contributed by atoms with Crippen molar-refractivity contribution in [1.29, 1.82) is 0 Å². The predicted octanol–water partition coefficient (Wildman–Crippen LogP) is 6.16. The van der Waals surface area contributed by atoms with Crippen LogP contribution in [0.1, 0.15) is 46.9 Å². The minimum absolute atomic E-state index is 0.0345. The van der Waals surface area contributed by atoms with Crippen molar-refractivity contribution < 1.29 is 33.7 Å². The van der Waals surface area contributed by atoms with Gasteiger partial charge < -0.3 is 24.6 Å². The number of carboxylic acid groups (broad SMARTS) is 1. The summed E-state index contributed by atoms with van der Waals surface area (Å²) < 4.78 is 17.4. The summed E-state index contributed by atoms with van der Waals surface area (Å²) in [5.41, 5.74) is 7.22. The van der Waals surface area contributed by atoms with Crippen molar-refractivity contribution in [3.8, 4) is 22.3 Å². The topological polar surface area (TPSA) is 114 Å². The maximum absolute atomic E-state index is 13.6. The molecule has 2 aliphatic heterocycles. The van der Waals surface area contributed by atoms with Crippen LogP contribution in [-0.4, -0.2) is 72.2 Å². The Morgan fingerprint density at radius 1 is 0.681 bits per heavy atom. The van der Waals surface area contributed by atoms with Crippen LogP contribution in [0.3, 0.4) is 0 Å². The molecule has 2 heterocycles. The van der Waals surface area contributed by atoms with Crippen molar-refractivity contribution in [3.63, 3.8) is 0 Å². The van der Waals surface area contributed by atoms with E-state index in [0.29, 0.717) is 0 Å². The molecule has 0 aromatic heterocycles. The molecule has 9 nitrogen and oxygen atoms in total. The smallest absolute Gasteiger partial charge is 0.410 e. The van der Waals surface area contributed by atoms with Gasteiger partial charge in [0.05, 0.1) is 25.3 Å². The van der Waals surface area contributed by atoms with Crippen molar-refractivity contribution in [1.82, 2.24) is 10.2 Å². The molecule has 4 aromatic carbocycles. The molecule has 2 fully saturated rings. The van der Waals surface area contributed by atoms with E-state index in [2.05, 4.69) is 41.7 Å². The number of piperidine rings is 1. The Bertz CT molecular complexity index is 1780. The summed E-state index contributed by atoms with van der Waals surface area (Å²) in [5, 5.41) is 13.1. The highest BCUT2D eigenvalue weighted by atomic mass is 16.6. The van der Waals surface area contributed by atoms with Crippen LogP contribution in [0.5, 0.6) is 0 Å². The number of nitrogens with zero attached hydrogens (tertiary/aromatic N) is 1. The lowest BCUT2D eigenvalue weighted by atomic mass is 9.78. The Labute approximate surface area is 272 Å². The highest BCUT2D eigenvalue weighted by molar-refractivity contribution is 5.86. The van der Waals surface area contributed by atoms with Gasteiger partial charge in [0, 0.05) is 24.7 Å². The first-order valence-corrected chi connectivity index (χ1v) is 16.0. The number of aliphatic carboxylic acids is 1. The number of carboxylic acids is 1. The van der Waals surface area contributed by atoms with Crippen LogP contribution in [0.4, 0.5) is 9.59 Å². The number of benzene rings is 4. The van der Waals surface area contributed by atoms with Crippen LogP contribution in [0.25, 0.3) is 22.3 Å². The summed E-state index contributed by atoms with van der Waals surface area (Å²) in [6.45, 7) is 0.507. The van der Waals surface area contributed by atoms with Gasteiger partial charge in [-0.1, -0.05) is 97.1 Å². The number of hydrogen-bond donors (Lipinski definition) is 2. The number of ether oxygens (including phenoxy) is 3. The summed E-state index contributed by atoms with van der Waals surface area (Å²) in [5.74, 6) is -1.42. The molecule has 238 valence electrons. The number of hydrogen-bond acceptors (Lipinski definition) is 6. The summed E-state index contributed by atoms with van der Waals surface area (Å²) in [6, 6.07) is 31.1. The third kappa shape index (κ3) is 4.93. The lowest BCUT2D eigenvalue weighted by Gasteiger charge is -2.51. The fourth-order valence-corrected chi connectivity index (χ4v) is 8.13. The zero-order chi connectivity index (χ0) is 32.1. The molecule has 2 unspecified atom stereocenters. The van der Waals surface area contributed by atoms with Gasteiger partial charge in [-0.15, -0.1) is 0 Å². The van der Waals surface area contributed by atoms with E-state index in [9.17, 15) is 19.5 Å². The number of morpholine rings is 1. The van der Waals surface area contributed by atoms with Gasteiger partial charge in [0.2, 0.25) is 0 Å². The first-order chi connectivity index (χ1) is 22.9. The van der Waals surface area contributed by atoms with Gasteiger partial charge in [-0.25, -0.2) is 14.4 Å². The van der Waals surface area contributed by atoms with Crippen LogP contribution < -0.4 is 5.32 Å². The quantitative estimate of drug-likeness (QED) is 0.262. The molecule has 2 bridgehead atoms. The second-order valence-corrected chi connectivity index (χ2v) is 12.8. The summed E-state index contributed by atoms with van der Waals surface area (Å²) >= 11 is 0. The number of carbonyl (C=O) groups excluding carboxylic acids is 2. The first-order valence-electron chi connectivity index (χ1n) is 16.0. The van der Waals surface area contributed by atoms with E-state index in [1.54, 1.807) is 4.90 Å². The van der Waals surface area contributed by atoms with Gasteiger partial charge in [-0.2, -0.15) is 0 Å². The number of nitrogens with one attached hydrogen (secondary N) is 1. The van der Waals surface area contributed by atoms with Gasteiger partial charge in [-0.05, 0) is 44.5 Å². The van der Waals surface area contributed by atoms with Gasteiger partial charge in [0.15, 0.2) is 0 Å². The molecule has 8 rings (SSSR count). The normalized spacial score (nSPS) is 22.4. The Balaban J connectivity index is 0.951. The second kappa shape index (κ2) is 11.6. The molecule has 2 saturated heterocycles. The van der Waals surface area contributed by atoms with E-state index < -0.39 is 35.8 Å². The minimum Gasteiger partial charge on any atom is -0.480 e. The van der Waals surface area contributed by atoms with E-state index >= 15 is 0 Å². The van der Waals surface area contributed by atoms with E-state index in [4.69, 9.17) is 14.2 Å². The maximum atomic E-state index is 13.6. The predicted molar refractivity (Wildman–Crippen MR) is 173 cm³/mol. The molecule has 9 heteroatoms. The van der Waals surface area contributed by atoms with Gasteiger partial charge in [0.1, 0.15) is 18.8 Å². The second-order valence-electron chi connectivity index (χ2n) is 12.8. The minimum atomic E-state index is -1.62. The molecule has 2 amide bonds. The van der Waals surface area contributed by atoms with Crippen molar-refractivity contribution in [2.45, 2.75) is 42.3 Å². The molecule has 0 radical (unpaired) electrons. The molecule has 2 aliphatic carbocycles. The Morgan fingerprint density at radius 2 is 1.09 bits per heavy atom. The van der Waals surface area contributed by atoms with Crippen LogP contribution in [0.15, 0.2) is 97.1 Å². The average molecular weight is 631 g/mol. The van der Waals surface area contributed by atoms with Crippen molar-refractivity contribution in [3.05, 3.63) is 119 Å². The van der Waals surface area contributed by atoms with Crippen LogP contribution >= 0.6 is 0 Å². The van der Waals surface area contributed by atoms with Gasteiger partial charge in [0.25, 0.3) is 0 Å². The molecule has 0 spiro atoms. The monoisotopic (exact) mass is 630 g/mol. The lowest BCUT2D eigenvalue weighted by molar-refractivity contribution is -0.154. The molecule has 0 saturated carbocycles. The molecular formula is C38H34N2O7. The molecular weight excluding hydrogens is 596 g/mol. The van der Waals surface area contributed by atoms with E-state index in [1.807, 2.05) is 60.7 Å². The standard InChI is InChI=1S/C38H34N2O7/c41-35(42)38(39-36(43)46-21-33-29-13-5-1-9-25(29)26-10-2-6-14-30(26)33)17-23-19-45-20-24(18-38)40(23)37(44)47-22-34-31-15-7-3-11-27(31)28-12-4-8-16-32(28)34/h1-16,23-24,33-34H,17-22H2,(H,39,43)(H,41,42). The van der Waals surface area contributed by atoms with Crippen LogP contribution in [-0.2, 0) is 19.0 Å². The number of carbonyl (C=O) groups is 3. The SMILES string of the molecule is O=C(NC1(C(=O)O)CC2COCC(C1)N2C(=O)OCC1c2ccccc2-c2ccccc21)OCC1c2ccccc2-c2ccccc21. The number of alkyl carbamates (subject to hydrolysis) is 1. The first kappa shape index (κ1) is 29.3. The summed E-state index contributed by atoms with van der Waals surface area (Å²) in [4.78, 5) is 41.3. The molecule has 4 aliphatic rings. The average Bonchev–Trinajstić information content (AvgIpc) is 3.58. The van der Waals surface area contributed by atoms with Crippen molar-refractivity contribution in [2.75, 3.05) is 26.4 Å². The molecule has 4 aromatic rings. The molecule has 2 N–H and O–H groups in total. The summed E-state index contributed by atoms with van der Waals surface area (Å²) in [7, 11) is 0. The zero-order valence-electron chi connectivity index (χ0n) is 25.6. The number of fused-ring (bicyclic) bond motifs is 8. The van der Waals surface area contributed by atoms with Gasteiger partial charge in [-0.3, -0.25) is 4.90 Å². The van der Waals surface area contributed by atoms with Crippen LogP contribution in [0.2, 0.25) is 0 Å². The van der Waals surface area contributed by atoms with Crippen LogP contribution in [0, 0.1) is 0 Å². The Morgan fingerprint density at radius 3 is 1.51 bits per heavy atom. The number of rotatable bonds is 6. The van der Waals surface area contributed by atoms with Gasteiger partial charge >= 0.3 is 18.2 Å². The van der Waals surface area contributed by atoms with Crippen molar-refractivity contribution in [2.24, 2.45) is 0 Å². The molecule has 47 heavy (non-hydrogen) atoms.